The van der Waals surface area contributed by atoms with E-state index >= 15 is 0 Å². The summed E-state index contributed by atoms with van der Waals surface area (Å²) in [7, 11) is 0. The van der Waals surface area contributed by atoms with Crippen LogP contribution in [0.4, 0.5) is 0 Å². The normalized spacial score (nSPS) is 12.5. The lowest BCUT2D eigenvalue weighted by atomic mass is 10.0. The fraction of sp³-hybridized carbons (Fsp3) is 0.176. The summed E-state index contributed by atoms with van der Waals surface area (Å²) in [6.07, 6.45) is 3.57. The molecule has 3 aromatic rings. The van der Waals surface area contributed by atoms with Crippen molar-refractivity contribution in [3.63, 3.8) is 0 Å². The Kier molecular flexibility index (Phi) is 3.44. The van der Waals surface area contributed by atoms with E-state index in [1.807, 2.05) is 49.4 Å². The summed E-state index contributed by atoms with van der Waals surface area (Å²) in [6.45, 7) is 1.98. The Morgan fingerprint density at radius 2 is 2.05 bits per heavy atom. The van der Waals surface area contributed by atoms with Crippen LogP contribution < -0.4 is 0 Å². The Hall–Kier alpha value is -2.26. The van der Waals surface area contributed by atoms with E-state index in [1.165, 1.54) is 0 Å². The molecular weight excluding hydrogens is 248 g/mol. The van der Waals surface area contributed by atoms with Crippen LogP contribution in [-0.2, 0) is 6.42 Å². The van der Waals surface area contributed by atoms with Crippen LogP contribution >= 0.6 is 0 Å². The number of rotatable bonds is 3. The van der Waals surface area contributed by atoms with Crippen molar-refractivity contribution in [2.45, 2.75) is 19.4 Å². The van der Waals surface area contributed by atoms with E-state index < -0.39 is 6.10 Å². The van der Waals surface area contributed by atoms with Gasteiger partial charge in [0.25, 0.3) is 0 Å². The van der Waals surface area contributed by atoms with Crippen LogP contribution in [0.5, 0.6) is 0 Å². The number of aliphatic hydroxyl groups is 1. The van der Waals surface area contributed by atoms with Gasteiger partial charge in [-0.25, -0.2) is 0 Å². The molecule has 0 aliphatic carbocycles. The van der Waals surface area contributed by atoms with Crippen LogP contribution in [-0.4, -0.2) is 15.1 Å². The Balaban J connectivity index is 1.88. The zero-order valence-corrected chi connectivity index (χ0v) is 11.3. The summed E-state index contributed by atoms with van der Waals surface area (Å²) >= 11 is 0. The van der Waals surface area contributed by atoms with Crippen LogP contribution in [0.3, 0.4) is 0 Å². The smallest absolute Gasteiger partial charge is 0.0831 e. The van der Waals surface area contributed by atoms with Gasteiger partial charge in [-0.05, 0) is 42.3 Å². The minimum Gasteiger partial charge on any atom is -0.388 e. The van der Waals surface area contributed by atoms with Crippen LogP contribution in [0.1, 0.15) is 22.9 Å². The van der Waals surface area contributed by atoms with Gasteiger partial charge < -0.3 is 5.11 Å². The van der Waals surface area contributed by atoms with E-state index in [0.29, 0.717) is 6.42 Å². The molecule has 0 saturated heterocycles. The molecule has 2 aromatic heterocycles. The first-order chi connectivity index (χ1) is 9.72. The maximum Gasteiger partial charge on any atom is 0.0831 e. The summed E-state index contributed by atoms with van der Waals surface area (Å²) in [6, 6.07) is 13.8. The second-order valence-corrected chi connectivity index (χ2v) is 4.99. The van der Waals surface area contributed by atoms with Crippen molar-refractivity contribution in [1.29, 1.82) is 0 Å². The van der Waals surface area contributed by atoms with E-state index in [9.17, 15) is 5.11 Å². The first-order valence-electron chi connectivity index (χ1n) is 6.67. The number of aliphatic hydroxyl groups excluding tert-OH is 1. The zero-order chi connectivity index (χ0) is 13.9. The maximum absolute atomic E-state index is 10.3. The summed E-state index contributed by atoms with van der Waals surface area (Å²) in [5.41, 5.74) is 3.90. The first kappa shape index (κ1) is 12.8. The molecule has 2 heterocycles. The molecule has 1 aromatic carbocycles. The number of pyridine rings is 2. The highest BCUT2D eigenvalue weighted by atomic mass is 16.3. The molecule has 3 rings (SSSR count). The average molecular weight is 264 g/mol. The highest BCUT2D eigenvalue weighted by Crippen LogP contribution is 2.22. The van der Waals surface area contributed by atoms with Crippen molar-refractivity contribution >= 4 is 10.9 Å². The lowest BCUT2D eigenvalue weighted by Gasteiger charge is -2.11. The first-order valence-corrected chi connectivity index (χ1v) is 6.67. The number of hydrogen-bond acceptors (Lipinski definition) is 3. The summed E-state index contributed by atoms with van der Waals surface area (Å²) in [4.78, 5) is 8.54. The predicted molar refractivity (Wildman–Crippen MR) is 79.4 cm³/mol. The fourth-order valence-electron chi connectivity index (χ4n) is 2.31. The lowest BCUT2D eigenvalue weighted by molar-refractivity contribution is 0.178. The van der Waals surface area contributed by atoms with Crippen molar-refractivity contribution in [1.82, 2.24) is 9.97 Å². The molecule has 0 bridgehead atoms. The Morgan fingerprint density at radius 1 is 1.15 bits per heavy atom. The molecule has 3 nitrogen and oxygen atoms in total. The van der Waals surface area contributed by atoms with E-state index in [0.717, 1.165) is 27.7 Å². The topological polar surface area (TPSA) is 46.0 Å². The van der Waals surface area contributed by atoms with Gasteiger partial charge in [0, 0.05) is 29.9 Å². The average Bonchev–Trinajstić information content (AvgIpc) is 2.47. The number of aromatic nitrogens is 2. The van der Waals surface area contributed by atoms with Crippen LogP contribution in [0.2, 0.25) is 0 Å². The minimum absolute atomic E-state index is 0.523. The zero-order valence-electron chi connectivity index (χ0n) is 11.3. The molecule has 100 valence electrons. The van der Waals surface area contributed by atoms with Gasteiger partial charge in [0.1, 0.15) is 0 Å². The summed E-state index contributed by atoms with van der Waals surface area (Å²) in [5, 5.41) is 11.4. The number of fused-ring (bicyclic) bond motifs is 1. The SMILES string of the molecule is Cc1ccc2cc(C(O)Cc3cccnc3)ccc2n1. The third-order valence-corrected chi connectivity index (χ3v) is 3.39. The third-order valence-electron chi connectivity index (χ3n) is 3.39. The molecule has 0 aliphatic heterocycles. The summed E-state index contributed by atoms with van der Waals surface area (Å²) < 4.78 is 0. The quantitative estimate of drug-likeness (QED) is 0.790. The van der Waals surface area contributed by atoms with Crippen molar-refractivity contribution in [3.8, 4) is 0 Å². The van der Waals surface area contributed by atoms with Crippen molar-refractivity contribution in [2.75, 3.05) is 0 Å². The minimum atomic E-state index is -0.523. The second kappa shape index (κ2) is 5.39. The van der Waals surface area contributed by atoms with Crippen LogP contribution in [0, 0.1) is 6.92 Å². The van der Waals surface area contributed by atoms with Gasteiger partial charge in [-0.15, -0.1) is 0 Å². The highest BCUT2D eigenvalue weighted by molar-refractivity contribution is 5.79. The number of nitrogens with zero attached hydrogens (tertiary/aromatic N) is 2. The van der Waals surface area contributed by atoms with Crippen molar-refractivity contribution in [2.24, 2.45) is 0 Å². The third kappa shape index (κ3) is 2.68. The second-order valence-electron chi connectivity index (χ2n) is 4.99. The molecule has 3 heteroatoms. The molecule has 1 N–H and O–H groups in total. The van der Waals surface area contributed by atoms with Gasteiger partial charge in [-0.1, -0.05) is 18.2 Å². The molecule has 1 unspecified atom stereocenters. The van der Waals surface area contributed by atoms with E-state index in [-0.39, 0.29) is 0 Å². The fourth-order valence-corrected chi connectivity index (χ4v) is 2.31. The maximum atomic E-state index is 10.3. The lowest BCUT2D eigenvalue weighted by Crippen LogP contribution is -2.02. The van der Waals surface area contributed by atoms with Crippen LogP contribution in [0.25, 0.3) is 10.9 Å². The van der Waals surface area contributed by atoms with Gasteiger partial charge >= 0.3 is 0 Å². The molecule has 1 atom stereocenters. The van der Waals surface area contributed by atoms with Crippen molar-refractivity contribution in [3.05, 3.63) is 71.7 Å². The molecule has 0 fully saturated rings. The van der Waals surface area contributed by atoms with Gasteiger partial charge in [-0.2, -0.15) is 0 Å². The summed E-state index contributed by atoms with van der Waals surface area (Å²) in [5.74, 6) is 0. The molecule has 0 radical (unpaired) electrons. The highest BCUT2D eigenvalue weighted by Gasteiger charge is 2.09. The molecule has 0 amide bonds. The molecule has 20 heavy (non-hydrogen) atoms. The van der Waals surface area contributed by atoms with Gasteiger partial charge in [0.2, 0.25) is 0 Å². The predicted octanol–water partition coefficient (Wildman–Crippen LogP) is 3.21. The van der Waals surface area contributed by atoms with E-state index in [2.05, 4.69) is 9.97 Å². The van der Waals surface area contributed by atoms with Crippen LogP contribution in [0.15, 0.2) is 54.9 Å². The Bertz CT molecular complexity index is 725. The van der Waals surface area contributed by atoms with Gasteiger partial charge in [-0.3, -0.25) is 9.97 Å². The monoisotopic (exact) mass is 264 g/mol. The Morgan fingerprint density at radius 3 is 2.85 bits per heavy atom. The van der Waals surface area contributed by atoms with Crippen molar-refractivity contribution < 1.29 is 5.11 Å². The Labute approximate surface area is 117 Å². The standard InChI is InChI=1S/C17H16N2O/c1-12-4-5-14-10-15(6-7-16(14)19-12)17(20)9-13-3-2-8-18-11-13/h2-8,10-11,17,20H,9H2,1H3. The van der Waals surface area contributed by atoms with Gasteiger partial charge in [0.15, 0.2) is 0 Å². The number of hydrogen-bond donors (Lipinski definition) is 1. The molecule has 0 saturated carbocycles. The van der Waals surface area contributed by atoms with E-state index in [4.69, 9.17) is 0 Å². The number of benzene rings is 1. The van der Waals surface area contributed by atoms with E-state index in [1.54, 1.807) is 12.4 Å². The molecule has 0 spiro atoms. The molecule has 0 aliphatic rings. The molecular formula is C17H16N2O. The van der Waals surface area contributed by atoms with Gasteiger partial charge in [0.05, 0.1) is 11.6 Å². The number of aryl methyl sites for hydroxylation is 1. The largest absolute Gasteiger partial charge is 0.388 e.